The van der Waals surface area contributed by atoms with Crippen LogP contribution in [0.15, 0.2) is 48.8 Å². The van der Waals surface area contributed by atoms with Gasteiger partial charge in [-0.15, -0.1) is 0 Å². The molecule has 86 valence electrons. The van der Waals surface area contributed by atoms with Gasteiger partial charge in [0.2, 0.25) is 0 Å². The quantitative estimate of drug-likeness (QED) is 0.856. The Balaban J connectivity index is 2.27. The van der Waals surface area contributed by atoms with Crippen LogP contribution in [0.5, 0.6) is 5.75 Å². The zero-order chi connectivity index (χ0) is 12.3. The van der Waals surface area contributed by atoms with Crippen LogP contribution in [0.25, 0.3) is 0 Å². The Hall–Kier alpha value is -2.36. The molecular weight excluding hydrogens is 216 g/mol. The van der Waals surface area contributed by atoms with E-state index in [4.69, 9.17) is 0 Å². The minimum atomic E-state index is -0.141. The first-order valence-electron chi connectivity index (χ1n) is 5.15. The van der Waals surface area contributed by atoms with Gasteiger partial charge >= 0.3 is 0 Å². The Morgan fingerprint density at radius 3 is 2.59 bits per heavy atom. The zero-order valence-corrected chi connectivity index (χ0v) is 9.37. The molecule has 1 N–H and O–H groups in total. The number of carbonyl (C=O) groups excluding carboxylic acids is 1. The number of carbonyl (C=O) groups is 1. The van der Waals surface area contributed by atoms with Gasteiger partial charge in [0, 0.05) is 36.8 Å². The summed E-state index contributed by atoms with van der Waals surface area (Å²) in [6.45, 7) is 0. The molecule has 0 spiro atoms. The van der Waals surface area contributed by atoms with Gasteiger partial charge in [0.15, 0.2) is 0 Å². The summed E-state index contributed by atoms with van der Waals surface area (Å²) in [6, 6.07) is 9.87. The van der Waals surface area contributed by atoms with Crippen LogP contribution in [0, 0.1) is 0 Å². The number of phenolic OH excluding ortho intramolecular Hbond substituents is 1. The first-order chi connectivity index (χ1) is 8.18. The average molecular weight is 228 g/mol. The van der Waals surface area contributed by atoms with E-state index >= 15 is 0 Å². The van der Waals surface area contributed by atoms with Gasteiger partial charge in [0.25, 0.3) is 5.91 Å². The van der Waals surface area contributed by atoms with Crippen molar-refractivity contribution in [3.63, 3.8) is 0 Å². The fourth-order valence-electron chi connectivity index (χ4n) is 1.51. The molecule has 0 aliphatic rings. The summed E-state index contributed by atoms with van der Waals surface area (Å²) in [4.78, 5) is 17.4. The number of amides is 1. The van der Waals surface area contributed by atoms with Gasteiger partial charge in [0.05, 0.1) is 0 Å². The van der Waals surface area contributed by atoms with Crippen molar-refractivity contribution in [2.24, 2.45) is 0 Å². The molecular formula is C13H12N2O2. The fourth-order valence-corrected chi connectivity index (χ4v) is 1.51. The smallest absolute Gasteiger partial charge is 0.258 e. The van der Waals surface area contributed by atoms with Gasteiger partial charge in [-0.1, -0.05) is 6.07 Å². The third kappa shape index (κ3) is 2.42. The van der Waals surface area contributed by atoms with E-state index in [2.05, 4.69) is 4.98 Å². The Bertz CT molecular complexity index is 526. The summed E-state index contributed by atoms with van der Waals surface area (Å²) >= 11 is 0. The van der Waals surface area contributed by atoms with Crippen LogP contribution in [-0.4, -0.2) is 23.0 Å². The minimum Gasteiger partial charge on any atom is -0.508 e. The molecule has 17 heavy (non-hydrogen) atoms. The molecule has 1 amide bonds. The van der Waals surface area contributed by atoms with E-state index in [1.165, 1.54) is 4.90 Å². The van der Waals surface area contributed by atoms with Crippen LogP contribution in [0.4, 0.5) is 5.69 Å². The lowest BCUT2D eigenvalue weighted by molar-refractivity contribution is 0.0993. The van der Waals surface area contributed by atoms with Crippen LogP contribution in [0.2, 0.25) is 0 Å². The molecule has 4 nitrogen and oxygen atoms in total. The number of nitrogens with zero attached hydrogens (tertiary/aromatic N) is 2. The molecule has 4 heteroatoms. The highest BCUT2D eigenvalue weighted by molar-refractivity contribution is 6.05. The van der Waals surface area contributed by atoms with Crippen LogP contribution in [-0.2, 0) is 0 Å². The molecule has 0 saturated heterocycles. The topological polar surface area (TPSA) is 53.4 Å². The van der Waals surface area contributed by atoms with Crippen molar-refractivity contribution >= 4 is 11.6 Å². The molecule has 1 aromatic heterocycles. The molecule has 0 radical (unpaired) electrons. The second kappa shape index (κ2) is 4.65. The maximum absolute atomic E-state index is 12.1. The van der Waals surface area contributed by atoms with Crippen molar-refractivity contribution in [1.29, 1.82) is 0 Å². The lowest BCUT2D eigenvalue weighted by Gasteiger charge is -2.17. The molecule has 0 saturated carbocycles. The average Bonchev–Trinajstić information content (AvgIpc) is 2.38. The number of rotatable bonds is 2. The highest BCUT2D eigenvalue weighted by atomic mass is 16.3. The second-order valence-corrected chi connectivity index (χ2v) is 3.62. The highest BCUT2D eigenvalue weighted by Crippen LogP contribution is 2.20. The van der Waals surface area contributed by atoms with E-state index in [0.717, 1.165) is 0 Å². The minimum absolute atomic E-state index is 0.136. The zero-order valence-electron chi connectivity index (χ0n) is 9.37. The van der Waals surface area contributed by atoms with E-state index in [0.29, 0.717) is 11.3 Å². The SMILES string of the molecule is CN(C(=O)c1ccncc1)c1cccc(O)c1. The monoisotopic (exact) mass is 228 g/mol. The lowest BCUT2D eigenvalue weighted by atomic mass is 10.2. The van der Waals surface area contributed by atoms with E-state index in [1.807, 2.05) is 0 Å². The van der Waals surface area contributed by atoms with Crippen molar-refractivity contribution in [2.75, 3.05) is 11.9 Å². The lowest BCUT2D eigenvalue weighted by Crippen LogP contribution is -2.26. The Kier molecular flexibility index (Phi) is 3.05. The van der Waals surface area contributed by atoms with E-state index in [9.17, 15) is 9.90 Å². The van der Waals surface area contributed by atoms with E-state index in [1.54, 1.807) is 55.8 Å². The van der Waals surface area contributed by atoms with Crippen LogP contribution < -0.4 is 4.90 Å². The van der Waals surface area contributed by atoms with Crippen molar-refractivity contribution in [3.8, 4) is 5.75 Å². The van der Waals surface area contributed by atoms with Crippen molar-refractivity contribution in [2.45, 2.75) is 0 Å². The van der Waals surface area contributed by atoms with E-state index < -0.39 is 0 Å². The van der Waals surface area contributed by atoms with Gasteiger partial charge in [-0.05, 0) is 24.3 Å². The van der Waals surface area contributed by atoms with Crippen LogP contribution >= 0.6 is 0 Å². The van der Waals surface area contributed by atoms with Crippen LogP contribution in [0.1, 0.15) is 10.4 Å². The number of pyridine rings is 1. The predicted molar refractivity (Wildman–Crippen MR) is 65.1 cm³/mol. The molecule has 0 fully saturated rings. The van der Waals surface area contributed by atoms with Gasteiger partial charge in [-0.3, -0.25) is 9.78 Å². The summed E-state index contributed by atoms with van der Waals surface area (Å²) < 4.78 is 0. The number of hydrogen-bond donors (Lipinski definition) is 1. The molecule has 0 atom stereocenters. The highest BCUT2D eigenvalue weighted by Gasteiger charge is 2.13. The Morgan fingerprint density at radius 2 is 1.94 bits per heavy atom. The number of aromatic hydroxyl groups is 1. The Morgan fingerprint density at radius 1 is 1.24 bits per heavy atom. The number of benzene rings is 1. The standard InChI is InChI=1S/C13H12N2O2/c1-15(11-3-2-4-12(16)9-11)13(17)10-5-7-14-8-6-10/h2-9,16H,1H3. The first-order valence-corrected chi connectivity index (χ1v) is 5.15. The predicted octanol–water partition coefficient (Wildman–Crippen LogP) is 2.06. The molecule has 0 aliphatic carbocycles. The van der Waals surface area contributed by atoms with Gasteiger partial charge in [0.1, 0.15) is 5.75 Å². The van der Waals surface area contributed by atoms with Crippen molar-refractivity contribution in [1.82, 2.24) is 4.98 Å². The van der Waals surface area contributed by atoms with Crippen molar-refractivity contribution in [3.05, 3.63) is 54.4 Å². The molecule has 0 aliphatic heterocycles. The van der Waals surface area contributed by atoms with Gasteiger partial charge in [-0.25, -0.2) is 0 Å². The maximum Gasteiger partial charge on any atom is 0.258 e. The number of hydrogen-bond acceptors (Lipinski definition) is 3. The second-order valence-electron chi connectivity index (χ2n) is 3.62. The summed E-state index contributed by atoms with van der Waals surface area (Å²) in [7, 11) is 1.66. The van der Waals surface area contributed by atoms with Gasteiger partial charge in [-0.2, -0.15) is 0 Å². The third-order valence-corrected chi connectivity index (χ3v) is 2.45. The third-order valence-electron chi connectivity index (χ3n) is 2.45. The fraction of sp³-hybridized carbons (Fsp3) is 0.0769. The van der Waals surface area contributed by atoms with E-state index in [-0.39, 0.29) is 11.7 Å². The number of aromatic nitrogens is 1. The summed E-state index contributed by atoms with van der Waals surface area (Å²) in [6.07, 6.45) is 3.15. The van der Waals surface area contributed by atoms with Crippen LogP contribution in [0.3, 0.4) is 0 Å². The summed E-state index contributed by atoms with van der Waals surface area (Å²) in [5, 5.41) is 9.37. The maximum atomic E-state index is 12.1. The molecule has 1 heterocycles. The van der Waals surface area contributed by atoms with Crippen molar-refractivity contribution < 1.29 is 9.90 Å². The molecule has 1 aromatic carbocycles. The number of phenols is 1. The molecule has 0 unspecified atom stereocenters. The van der Waals surface area contributed by atoms with Gasteiger partial charge < -0.3 is 10.0 Å². The summed E-state index contributed by atoms with van der Waals surface area (Å²) in [5.74, 6) is -0.00474. The largest absolute Gasteiger partial charge is 0.508 e. The molecule has 0 bridgehead atoms. The number of anilines is 1. The summed E-state index contributed by atoms with van der Waals surface area (Å²) in [5.41, 5.74) is 1.21. The molecule has 2 rings (SSSR count). The molecule has 2 aromatic rings. The Labute approximate surface area is 99.2 Å². The first kappa shape index (κ1) is 11.1. The normalized spacial score (nSPS) is 9.94.